The average Bonchev–Trinajstić information content (AvgIpc) is 2.93. The predicted octanol–water partition coefficient (Wildman–Crippen LogP) is 5.17. The zero-order chi connectivity index (χ0) is 14.7. The highest BCUT2D eigenvalue weighted by atomic mass is 79.9. The summed E-state index contributed by atoms with van der Waals surface area (Å²) in [6.07, 6.45) is 3.18. The molecule has 0 fully saturated rings. The van der Waals surface area contributed by atoms with Gasteiger partial charge in [-0.3, -0.25) is 0 Å². The molecular weight excluding hydrogens is 324 g/mol. The molecule has 0 saturated carbocycles. The Balaban J connectivity index is 1.74. The van der Waals surface area contributed by atoms with Crippen LogP contribution >= 0.6 is 15.9 Å². The lowest BCUT2D eigenvalue weighted by atomic mass is 10.0. The topological polar surface area (TPSA) is 27.8 Å². The number of hydrogen-bond donors (Lipinski definition) is 2. The lowest BCUT2D eigenvalue weighted by molar-refractivity contribution is 0.520. The molecule has 2 N–H and O–H groups in total. The highest BCUT2D eigenvalue weighted by molar-refractivity contribution is 9.10. The van der Waals surface area contributed by atoms with Gasteiger partial charge in [0.05, 0.1) is 0 Å². The van der Waals surface area contributed by atoms with Crippen LogP contribution in [0.4, 0.5) is 0 Å². The summed E-state index contributed by atoms with van der Waals surface area (Å²) >= 11 is 3.49. The van der Waals surface area contributed by atoms with Gasteiger partial charge in [-0.05, 0) is 35.7 Å². The molecule has 0 bridgehead atoms. The molecule has 1 heterocycles. The van der Waals surface area contributed by atoms with E-state index in [0.717, 1.165) is 17.4 Å². The standard InChI is InChI=1S/C18H19BrN2/c1-2-17(13-7-9-15(19)10-8-13)20-11-14-12-21-18-6-4-3-5-16(14)18/h3-10,12,17,20-21H,2,11H2,1H3. The van der Waals surface area contributed by atoms with E-state index in [0.29, 0.717) is 6.04 Å². The molecule has 3 heteroatoms. The summed E-state index contributed by atoms with van der Waals surface area (Å²) in [5, 5.41) is 4.97. The average molecular weight is 343 g/mol. The molecule has 0 aliphatic rings. The van der Waals surface area contributed by atoms with E-state index >= 15 is 0 Å². The fourth-order valence-corrected chi connectivity index (χ4v) is 2.97. The number of nitrogens with one attached hydrogen (secondary N) is 2. The van der Waals surface area contributed by atoms with Crippen molar-refractivity contribution >= 4 is 26.8 Å². The van der Waals surface area contributed by atoms with E-state index in [1.54, 1.807) is 0 Å². The number of aromatic nitrogens is 1. The third kappa shape index (κ3) is 3.20. The van der Waals surface area contributed by atoms with Gasteiger partial charge in [0.25, 0.3) is 0 Å². The Bertz CT molecular complexity index is 715. The second kappa shape index (κ2) is 6.46. The largest absolute Gasteiger partial charge is 0.361 e. The first kappa shape index (κ1) is 14.4. The number of rotatable bonds is 5. The summed E-state index contributed by atoms with van der Waals surface area (Å²) in [5.74, 6) is 0. The van der Waals surface area contributed by atoms with Crippen molar-refractivity contribution in [2.24, 2.45) is 0 Å². The van der Waals surface area contributed by atoms with Gasteiger partial charge in [0, 0.05) is 34.2 Å². The van der Waals surface area contributed by atoms with Gasteiger partial charge in [-0.1, -0.05) is 53.2 Å². The Hall–Kier alpha value is -1.58. The zero-order valence-electron chi connectivity index (χ0n) is 12.1. The van der Waals surface area contributed by atoms with Gasteiger partial charge in [-0.2, -0.15) is 0 Å². The quantitative estimate of drug-likeness (QED) is 0.657. The molecule has 0 aliphatic heterocycles. The minimum atomic E-state index is 0.381. The van der Waals surface area contributed by atoms with E-state index < -0.39 is 0 Å². The van der Waals surface area contributed by atoms with Crippen molar-refractivity contribution in [1.29, 1.82) is 0 Å². The highest BCUT2D eigenvalue weighted by Crippen LogP contribution is 2.22. The minimum absolute atomic E-state index is 0.381. The SMILES string of the molecule is CCC(NCc1c[nH]c2ccccc12)c1ccc(Br)cc1. The van der Waals surface area contributed by atoms with Crippen LogP contribution in [-0.2, 0) is 6.54 Å². The van der Waals surface area contributed by atoms with Gasteiger partial charge in [0.15, 0.2) is 0 Å². The molecule has 0 amide bonds. The van der Waals surface area contributed by atoms with Crippen LogP contribution in [0, 0.1) is 0 Å². The summed E-state index contributed by atoms with van der Waals surface area (Å²) in [6.45, 7) is 3.09. The van der Waals surface area contributed by atoms with Crippen molar-refractivity contribution in [3.05, 3.63) is 70.3 Å². The Morgan fingerprint density at radius 3 is 2.62 bits per heavy atom. The summed E-state index contributed by atoms with van der Waals surface area (Å²) < 4.78 is 1.12. The monoisotopic (exact) mass is 342 g/mol. The Kier molecular flexibility index (Phi) is 4.42. The maximum absolute atomic E-state index is 3.66. The zero-order valence-corrected chi connectivity index (χ0v) is 13.7. The van der Waals surface area contributed by atoms with Crippen molar-refractivity contribution in [1.82, 2.24) is 10.3 Å². The Labute approximate surface area is 133 Å². The summed E-state index contributed by atoms with van der Waals surface area (Å²) in [5.41, 5.74) is 3.85. The van der Waals surface area contributed by atoms with Crippen LogP contribution in [0.3, 0.4) is 0 Å². The van der Waals surface area contributed by atoms with E-state index in [4.69, 9.17) is 0 Å². The second-order valence-electron chi connectivity index (χ2n) is 5.25. The first-order valence-corrected chi connectivity index (χ1v) is 8.11. The molecule has 108 valence electrons. The smallest absolute Gasteiger partial charge is 0.0457 e. The third-order valence-corrected chi connectivity index (χ3v) is 4.42. The molecule has 21 heavy (non-hydrogen) atoms. The molecule has 0 aliphatic carbocycles. The Morgan fingerprint density at radius 1 is 1.10 bits per heavy atom. The molecule has 2 aromatic carbocycles. The van der Waals surface area contributed by atoms with Gasteiger partial charge < -0.3 is 10.3 Å². The van der Waals surface area contributed by atoms with Crippen LogP contribution in [0.5, 0.6) is 0 Å². The molecule has 1 aromatic heterocycles. The van der Waals surface area contributed by atoms with Gasteiger partial charge in [-0.25, -0.2) is 0 Å². The lowest BCUT2D eigenvalue weighted by Gasteiger charge is -2.17. The minimum Gasteiger partial charge on any atom is -0.361 e. The van der Waals surface area contributed by atoms with Crippen LogP contribution in [0.1, 0.15) is 30.5 Å². The van der Waals surface area contributed by atoms with Crippen molar-refractivity contribution in [2.75, 3.05) is 0 Å². The molecule has 3 aromatic rings. The number of aromatic amines is 1. The fourth-order valence-electron chi connectivity index (χ4n) is 2.70. The number of fused-ring (bicyclic) bond motifs is 1. The Morgan fingerprint density at radius 2 is 1.86 bits per heavy atom. The van der Waals surface area contributed by atoms with Gasteiger partial charge >= 0.3 is 0 Å². The second-order valence-corrected chi connectivity index (χ2v) is 6.17. The maximum atomic E-state index is 3.66. The van der Waals surface area contributed by atoms with E-state index in [1.165, 1.54) is 22.0 Å². The van der Waals surface area contributed by atoms with E-state index in [9.17, 15) is 0 Å². The van der Waals surface area contributed by atoms with E-state index in [1.807, 2.05) is 0 Å². The number of H-pyrrole nitrogens is 1. The fraction of sp³-hybridized carbons (Fsp3) is 0.222. The van der Waals surface area contributed by atoms with Crippen molar-refractivity contribution < 1.29 is 0 Å². The van der Waals surface area contributed by atoms with Crippen LogP contribution in [0.15, 0.2) is 59.2 Å². The van der Waals surface area contributed by atoms with Crippen LogP contribution in [0.25, 0.3) is 10.9 Å². The van der Waals surface area contributed by atoms with Crippen molar-refractivity contribution in [2.45, 2.75) is 25.9 Å². The molecule has 0 spiro atoms. The third-order valence-electron chi connectivity index (χ3n) is 3.89. The molecular formula is C18H19BrN2. The van der Waals surface area contributed by atoms with Crippen LogP contribution < -0.4 is 5.32 Å². The molecule has 0 saturated heterocycles. The van der Waals surface area contributed by atoms with Gasteiger partial charge in [-0.15, -0.1) is 0 Å². The van der Waals surface area contributed by atoms with Gasteiger partial charge in [0.2, 0.25) is 0 Å². The number of para-hydroxylation sites is 1. The van der Waals surface area contributed by atoms with E-state index in [2.05, 4.69) is 87.9 Å². The van der Waals surface area contributed by atoms with Crippen molar-refractivity contribution in [3.8, 4) is 0 Å². The summed E-state index contributed by atoms with van der Waals surface area (Å²) in [7, 11) is 0. The molecule has 2 nitrogen and oxygen atoms in total. The summed E-state index contributed by atoms with van der Waals surface area (Å²) in [6, 6.07) is 17.4. The number of hydrogen-bond acceptors (Lipinski definition) is 1. The highest BCUT2D eigenvalue weighted by Gasteiger charge is 2.10. The number of halogens is 1. The first-order chi connectivity index (χ1) is 10.3. The van der Waals surface area contributed by atoms with E-state index in [-0.39, 0.29) is 0 Å². The van der Waals surface area contributed by atoms with Gasteiger partial charge in [0.1, 0.15) is 0 Å². The molecule has 0 radical (unpaired) electrons. The van der Waals surface area contributed by atoms with Crippen LogP contribution in [0.2, 0.25) is 0 Å². The first-order valence-electron chi connectivity index (χ1n) is 7.31. The summed E-state index contributed by atoms with van der Waals surface area (Å²) in [4.78, 5) is 3.33. The maximum Gasteiger partial charge on any atom is 0.0457 e. The lowest BCUT2D eigenvalue weighted by Crippen LogP contribution is -2.20. The normalized spacial score (nSPS) is 12.7. The van der Waals surface area contributed by atoms with Crippen LogP contribution in [-0.4, -0.2) is 4.98 Å². The molecule has 1 unspecified atom stereocenters. The molecule has 1 atom stereocenters. The molecule has 3 rings (SSSR count). The number of benzene rings is 2. The predicted molar refractivity (Wildman–Crippen MR) is 92.3 cm³/mol. The van der Waals surface area contributed by atoms with Crippen molar-refractivity contribution in [3.63, 3.8) is 0 Å².